The lowest BCUT2D eigenvalue weighted by Crippen LogP contribution is -2.07. The predicted octanol–water partition coefficient (Wildman–Crippen LogP) is 5.05. The summed E-state index contributed by atoms with van der Waals surface area (Å²) in [4.78, 5) is 0. The van der Waals surface area contributed by atoms with Crippen LogP contribution in [0.4, 0.5) is 43.4 Å². The molecule has 2 aromatic rings. The van der Waals surface area contributed by atoms with Crippen LogP contribution in [0.5, 0.6) is 0 Å². The zero-order valence-electron chi connectivity index (χ0n) is 10.9. The highest BCUT2D eigenvalue weighted by molar-refractivity contribution is 5.73. The maximum Gasteiger partial charge on any atom is 0.416 e. The molecule has 0 amide bonds. The van der Waals surface area contributed by atoms with Crippen LogP contribution in [0.2, 0.25) is 0 Å². The monoisotopic (exact) mass is 320 g/mol. The summed E-state index contributed by atoms with van der Waals surface area (Å²) in [6.07, 6.45) is -8.97. The number of alkyl halides is 6. The Kier molecular flexibility index (Phi) is 3.95. The van der Waals surface area contributed by atoms with Gasteiger partial charge in [-0.2, -0.15) is 26.3 Å². The van der Waals surface area contributed by atoms with E-state index in [1.807, 2.05) is 0 Å². The van der Waals surface area contributed by atoms with E-state index in [1.165, 1.54) is 12.1 Å². The smallest absolute Gasteiger partial charge is 0.397 e. The first-order valence-corrected chi connectivity index (χ1v) is 5.98. The number of hydrogen-bond acceptors (Lipinski definition) is 2. The Hall–Kier alpha value is -2.38. The number of nitrogens with one attached hydrogen (secondary N) is 1. The second-order valence-corrected chi connectivity index (χ2v) is 4.50. The van der Waals surface area contributed by atoms with Crippen molar-refractivity contribution in [2.45, 2.75) is 12.4 Å². The minimum Gasteiger partial charge on any atom is -0.397 e. The van der Waals surface area contributed by atoms with Crippen LogP contribution in [0.15, 0.2) is 42.5 Å². The summed E-state index contributed by atoms with van der Waals surface area (Å²) in [5, 5.41) is 2.67. The normalized spacial score (nSPS) is 12.3. The number of benzene rings is 2. The second kappa shape index (κ2) is 5.43. The van der Waals surface area contributed by atoms with E-state index in [1.54, 1.807) is 0 Å². The van der Waals surface area contributed by atoms with E-state index in [0.717, 1.165) is 30.3 Å². The summed E-state index contributed by atoms with van der Waals surface area (Å²) in [6.45, 7) is 0. The van der Waals surface area contributed by atoms with E-state index < -0.39 is 23.5 Å². The maximum absolute atomic E-state index is 12.5. The fraction of sp³-hybridized carbons (Fsp3) is 0.143. The quantitative estimate of drug-likeness (QED) is 0.600. The molecule has 8 heteroatoms. The molecule has 0 unspecified atom stereocenters. The molecule has 0 aliphatic rings. The molecule has 0 heterocycles. The van der Waals surface area contributed by atoms with Gasteiger partial charge >= 0.3 is 12.4 Å². The molecule has 0 aliphatic heterocycles. The van der Waals surface area contributed by atoms with Crippen LogP contribution in [0, 0.1) is 0 Å². The molecule has 0 spiro atoms. The molecule has 3 N–H and O–H groups in total. The summed E-state index contributed by atoms with van der Waals surface area (Å²) >= 11 is 0. The minimum atomic E-state index is -4.51. The topological polar surface area (TPSA) is 38.0 Å². The first kappa shape index (κ1) is 16.0. The average Bonchev–Trinajstić information content (AvgIpc) is 2.39. The number of hydrogen-bond donors (Lipinski definition) is 2. The molecule has 0 atom stereocenters. The molecular formula is C14H10F6N2. The van der Waals surface area contributed by atoms with Crippen molar-refractivity contribution in [3.63, 3.8) is 0 Å². The second-order valence-electron chi connectivity index (χ2n) is 4.50. The molecule has 2 rings (SSSR count). The zero-order valence-corrected chi connectivity index (χ0v) is 10.9. The fourth-order valence-electron chi connectivity index (χ4n) is 1.75. The average molecular weight is 320 g/mol. The molecule has 0 saturated carbocycles. The molecular weight excluding hydrogens is 310 g/mol. The van der Waals surface area contributed by atoms with Crippen molar-refractivity contribution in [2.24, 2.45) is 0 Å². The Bertz CT molecular complexity index is 659. The molecule has 0 fully saturated rings. The van der Waals surface area contributed by atoms with E-state index in [-0.39, 0.29) is 17.1 Å². The Morgan fingerprint density at radius 1 is 0.727 bits per heavy atom. The third-order valence-corrected chi connectivity index (χ3v) is 2.87. The van der Waals surface area contributed by atoms with E-state index >= 15 is 0 Å². The molecule has 0 bridgehead atoms. The highest BCUT2D eigenvalue weighted by Gasteiger charge is 2.31. The van der Waals surface area contributed by atoms with Crippen molar-refractivity contribution in [2.75, 3.05) is 11.1 Å². The van der Waals surface area contributed by atoms with Crippen LogP contribution in [-0.4, -0.2) is 0 Å². The van der Waals surface area contributed by atoms with Gasteiger partial charge in [-0.1, -0.05) is 0 Å². The van der Waals surface area contributed by atoms with E-state index in [4.69, 9.17) is 5.73 Å². The molecule has 2 nitrogen and oxygen atoms in total. The zero-order chi connectivity index (χ0) is 16.5. The van der Waals surface area contributed by atoms with Crippen LogP contribution in [-0.2, 0) is 12.4 Å². The largest absolute Gasteiger partial charge is 0.416 e. The fourth-order valence-corrected chi connectivity index (χ4v) is 1.75. The summed E-state index contributed by atoms with van der Waals surface area (Å²) in [6, 6.07) is 6.77. The van der Waals surface area contributed by atoms with Gasteiger partial charge in [-0.15, -0.1) is 0 Å². The van der Waals surface area contributed by atoms with Gasteiger partial charge in [0, 0.05) is 5.69 Å². The summed E-state index contributed by atoms with van der Waals surface area (Å²) in [7, 11) is 0. The Balaban J connectivity index is 2.21. The van der Waals surface area contributed by atoms with Gasteiger partial charge < -0.3 is 11.1 Å². The van der Waals surface area contributed by atoms with E-state index in [9.17, 15) is 26.3 Å². The van der Waals surface area contributed by atoms with Crippen molar-refractivity contribution < 1.29 is 26.3 Å². The highest BCUT2D eigenvalue weighted by Crippen LogP contribution is 2.34. The molecule has 22 heavy (non-hydrogen) atoms. The molecule has 0 radical (unpaired) electrons. The number of nitrogen functional groups attached to an aromatic ring is 1. The van der Waals surface area contributed by atoms with Gasteiger partial charge in [-0.25, -0.2) is 0 Å². The van der Waals surface area contributed by atoms with Crippen molar-refractivity contribution >= 4 is 17.1 Å². The van der Waals surface area contributed by atoms with Crippen LogP contribution in [0.3, 0.4) is 0 Å². The molecule has 2 aromatic carbocycles. The van der Waals surface area contributed by atoms with Gasteiger partial charge in [-0.3, -0.25) is 0 Å². The first-order chi connectivity index (χ1) is 10.1. The highest BCUT2D eigenvalue weighted by atomic mass is 19.4. The Morgan fingerprint density at radius 3 is 1.68 bits per heavy atom. The minimum absolute atomic E-state index is 0.158. The van der Waals surface area contributed by atoms with E-state index in [2.05, 4.69) is 5.32 Å². The lowest BCUT2D eigenvalue weighted by molar-refractivity contribution is -0.138. The number of halogens is 6. The summed E-state index contributed by atoms with van der Waals surface area (Å²) < 4.78 is 74.8. The Labute approximate surface area is 121 Å². The van der Waals surface area contributed by atoms with Crippen LogP contribution in [0.25, 0.3) is 0 Å². The van der Waals surface area contributed by atoms with Crippen molar-refractivity contribution in [1.82, 2.24) is 0 Å². The van der Waals surface area contributed by atoms with Gasteiger partial charge in [0.25, 0.3) is 0 Å². The Morgan fingerprint density at radius 2 is 1.23 bits per heavy atom. The lowest BCUT2D eigenvalue weighted by Gasteiger charge is -2.13. The molecule has 118 valence electrons. The standard InChI is InChI=1S/C14H10F6N2/c15-13(16,17)8-1-4-10(5-2-8)22-12-6-3-9(7-11(12)21)14(18,19)20/h1-7,22H,21H2. The third kappa shape index (κ3) is 3.63. The van der Waals surface area contributed by atoms with Crippen molar-refractivity contribution in [3.8, 4) is 0 Å². The van der Waals surface area contributed by atoms with Crippen LogP contribution < -0.4 is 11.1 Å². The first-order valence-electron chi connectivity index (χ1n) is 5.98. The van der Waals surface area contributed by atoms with Gasteiger partial charge in [-0.05, 0) is 42.5 Å². The SMILES string of the molecule is Nc1cc(C(F)(F)F)ccc1Nc1ccc(C(F)(F)F)cc1. The van der Waals surface area contributed by atoms with E-state index in [0.29, 0.717) is 0 Å². The van der Waals surface area contributed by atoms with Gasteiger partial charge in [0.2, 0.25) is 0 Å². The number of rotatable bonds is 2. The van der Waals surface area contributed by atoms with Gasteiger partial charge in [0.05, 0.1) is 22.5 Å². The van der Waals surface area contributed by atoms with Crippen LogP contribution >= 0.6 is 0 Å². The molecule has 0 aromatic heterocycles. The number of nitrogens with two attached hydrogens (primary N) is 1. The summed E-state index contributed by atoms with van der Waals surface area (Å²) in [5.74, 6) is 0. The van der Waals surface area contributed by atoms with Gasteiger partial charge in [0.1, 0.15) is 0 Å². The predicted molar refractivity (Wildman–Crippen MR) is 70.6 cm³/mol. The molecule has 0 aliphatic carbocycles. The van der Waals surface area contributed by atoms with Crippen molar-refractivity contribution in [1.29, 1.82) is 0 Å². The van der Waals surface area contributed by atoms with Gasteiger partial charge in [0.15, 0.2) is 0 Å². The maximum atomic E-state index is 12.5. The summed E-state index contributed by atoms with van der Waals surface area (Å²) in [5.41, 5.74) is 4.10. The third-order valence-electron chi connectivity index (χ3n) is 2.87. The molecule has 0 saturated heterocycles. The number of anilines is 3. The van der Waals surface area contributed by atoms with Crippen molar-refractivity contribution in [3.05, 3.63) is 53.6 Å². The lowest BCUT2D eigenvalue weighted by atomic mass is 10.1. The van der Waals surface area contributed by atoms with Crippen LogP contribution in [0.1, 0.15) is 11.1 Å².